The molecular weight excluding hydrogens is 810 g/mol. The number of nitrogens with zero attached hydrogens (tertiary/aromatic N) is 5. The number of rotatable bonds is 5. The summed E-state index contributed by atoms with van der Waals surface area (Å²) in [6.07, 6.45) is 3.60. The van der Waals surface area contributed by atoms with Crippen LogP contribution in [0.5, 0.6) is 11.5 Å². The molecule has 0 N–H and O–H groups in total. The van der Waals surface area contributed by atoms with Crippen molar-refractivity contribution < 1.29 is 35.4 Å². The van der Waals surface area contributed by atoms with Crippen LogP contribution in [0.4, 0.5) is 22.7 Å². The molecule has 0 radical (unpaired) electrons. The van der Waals surface area contributed by atoms with Crippen LogP contribution in [0.1, 0.15) is 67.8 Å². The second-order valence-electron chi connectivity index (χ2n) is 14.4. The maximum absolute atomic E-state index is 8.82. The minimum absolute atomic E-state index is 0. The molecule has 0 fully saturated rings. The van der Waals surface area contributed by atoms with Crippen molar-refractivity contribution in [3.63, 3.8) is 0 Å². The molecule has 0 spiro atoms. The summed E-state index contributed by atoms with van der Waals surface area (Å²) in [7, 11) is 0. The van der Waals surface area contributed by atoms with E-state index in [0.29, 0.717) is 28.6 Å². The van der Waals surface area contributed by atoms with Gasteiger partial charge in [0.15, 0.2) is 0 Å². The van der Waals surface area contributed by atoms with E-state index in [9.17, 15) is 0 Å². The number of benzene rings is 4. The van der Waals surface area contributed by atoms with Gasteiger partial charge in [-0.05, 0) is 52.1 Å². The van der Waals surface area contributed by atoms with E-state index in [2.05, 4.69) is 70.3 Å². The molecule has 0 bridgehead atoms. The number of hydrogen-bond acceptors (Lipinski definition) is 3. The van der Waals surface area contributed by atoms with E-state index in [4.69, 9.17) is 24.3 Å². The van der Waals surface area contributed by atoms with Gasteiger partial charge in [0.05, 0.1) is 11.0 Å². The number of aromatic nitrogens is 3. The molecule has 1 aliphatic heterocycles. The summed E-state index contributed by atoms with van der Waals surface area (Å²) >= 11 is 0. The van der Waals surface area contributed by atoms with Gasteiger partial charge in [0.25, 0.3) is 11.4 Å². The molecule has 4 aromatic carbocycles. The first-order valence-corrected chi connectivity index (χ1v) is 16.4. The number of fused-ring (bicyclic) bond motifs is 4. The van der Waals surface area contributed by atoms with Gasteiger partial charge < -0.3 is 9.30 Å². The normalized spacial score (nSPS) is 15.0. The van der Waals surface area contributed by atoms with Gasteiger partial charge in [0, 0.05) is 57.7 Å². The average molecular weight is 856 g/mol. The van der Waals surface area contributed by atoms with E-state index in [1.807, 2.05) is 60.8 Å². The molecule has 7 aromatic rings. The van der Waals surface area contributed by atoms with Crippen molar-refractivity contribution in [2.45, 2.75) is 59.2 Å². The molecule has 0 atom stereocenters. The molecule has 51 heavy (non-hydrogen) atoms. The third kappa shape index (κ3) is 6.35. The molecule has 254 valence electrons. The fourth-order valence-corrected chi connectivity index (χ4v) is 6.12. The van der Waals surface area contributed by atoms with E-state index >= 15 is 0 Å². The summed E-state index contributed by atoms with van der Waals surface area (Å²) in [5.74, 6) is 1.59. The van der Waals surface area contributed by atoms with E-state index < -0.39 is 36.6 Å². The summed E-state index contributed by atoms with van der Waals surface area (Å²) in [6.45, 7) is 9.94. The molecule has 3 aromatic heterocycles. The van der Waals surface area contributed by atoms with Crippen LogP contribution < -0.4 is 13.9 Å². The maximum atomic E-state index is 8.82. The summed E-state index contributed by atoms with van der Waals surface area (Å²) in [5.41, 5.74) is 5.08. The minimum Gasteiger partial charge on any atom is -0.509 e. The summed E-state index contributed by atoms with van der Waals surface area (Å²) in [6, 6.07) is 31.0. The zero-order valence-corrected chi connectivity index (χ0v) is 31.3. The Morgan fingerprint density at radius 2 is 1.51 bits per heavy atom. The fourth-order valence-electron chi connectivity index (χ4n) is 6.12. The van der Waals surface area contributed by atoms with Gasteiger partial charge in [-0.2, -0.15) is 6.07 Å². The van der Waals surface area contributed by atoms with E-state index in [1.54, 1.807) is 22.9 Å². The Morgan fingerprint density at radius 3 is 2.24 bits per heavy atom. The van der Waals surface area contributed by atoms with Gasteiger partial charge >= 0.3 is 27.1 Å². The van der Waals surface area contributed by atoms with Crippen molar-refractivity contribution in [2.75, 3.05) is 0 Å². The molecule has 0 aliphatic carbocycles. The molecule has 0 saturated heterocycles. The fraction of sp³-hybridized carbons (Fsp3) is 0.205. The summed E-state index contributed by atoms with van der Waals surface area (Å²) in [5, 5.41) is 0.896. The largest absolute Gasteiger partial charge is 2.00 e. The molecule has 0 saturated carbocycles. The van der Waals surface area contributed by atoms with Crippen LogP contribution >= 0.6 is 0 Å². The van der Waals surface area contributed by atoms with Gasteiger partial charge in [-0.25, -0.2) is 4.98 Å². The second-order valence-corrected chi connectivity index (χ2v) is 14.4. The average Bonchev–Trinajstić information content (AvgIpc) is 3.69. The van der Waals surface area contributed by atoms with Crippen molar-refractivity contribution >= 4 is 50.7 Å². The third-order valence-corrected chi connectivity index (χ3v) is 8.80. The van der Waals surface area contributed by atoms with Crippen molar-refractivity contribution in [1.82, 2.24) is 23.7 Å². The first-order valence-electron chi connectivity index (χ1n) is 19.9. The van der Waals surface area contributed by atoms with Crippen molar-refractivity contribution in [3.05, 3.63) is 138 Å². The Hall–Kier alpha value is -5.15. The van der Waals surface area contributed by atoms with E-state index in [1.165, 1.54) is 4.58 Å². The predicted octanol–water partition coefficient (Wildman–Crippen LogP) is 10.7. The van der Waals surface area contributed by atoms with Crippen molar-refractivity contribution in [1.29, 1.82) is 0 Å². The molecule has 6 nitrogen and oxygen atoms in total. The number of para-hydroxylation sites is 2. The molecule has 7 heteroatoms. The topological polar surface area (TPSA) is 46.0 Å². The van der Waals surface area contributed by atoms with Gasteiger partial charge in [-0.15, -0.1) is 23.8 Å². The third-order valence-electron chi connectivity index (χ3n) is 8.80. The summed E-state index contributed by atoms with van der Waals surface area (Å²) in [4.78, 5) is 9.48. The van der Waals surface area contributed by atoms with E-state index in [0.717, 1.165) is 38.9 Å². The first kappa shape index (κ1) is 26.6. The molecule has 8 rings (SSSR count). The molecule has 1 aliphatic rings. The second kappa shape index (κ2) is 12.9. The predicted molar refractivity (Wildman–Crippen MR) is 203 cm³/mol. The van der Waals surface area contributed by atoms with Crippen LogP contribution in [0.3, 0.4) is 0 Å². The Balaban J connectivity index is 0.00000512. The smallest absolute Gasteiger partial charge is 0.509 e. The Kier molecular flexibility index (Phi) is 6.72. The zero-order chi connectivity index (χ0) is 40.8. The Bertz CT molecular complexity index is 2850. The van der Waals surface area contributed by atoms with Crippen LogP contribution in [0.25, 0.3) is 27.8 Å². The molecule has 0 amide bonds. The maximum Gasteiger partial charge on any atom is 2.00 e. The monoisotopic (exact) mass is 855 g/mol. The number of hydrogen-bond donors (Lipinski definition) is 0. The summed E-state index contributed by atoms with van der Waals surface area (Å²) < 4.78 is 70.2. The van der Waals surface area contributed by atoms with Crippen LogP contribution in [-0.4, -0.2) is 20.5 Å². The van der Waals surface area contributed by atoms with Crippen LogP contribution in [0, 0.1) is 19.0 Å². The standard InChI is InChI=1S/C44H39N5O.Pt/c1-29-14-16-32(17-15-29)47-28-48(38-12-9-8-11-37(38)47)33-23-31(44(5,6)7)24-35(26-33)50-34-18-19-36-40(27-34)49(39-13-10-21-46-42(36)39)41-25-30(20-22-45-41)43(2,3)4;/h8-25H,1-7H3;/q;+2/i1D3,14D,15D,16D,17D;. The molecule has 4 heterocycles. The Morgan fingerprint density at radius 1 is 0.765 bits per heavy atom. The van der Waals surface area contributed by atoms with Gasteiger partial charge in [-0.1, -0.05) is 98.9 Å². The number of pyridine rings is 2. The minimum atomic E-state index is -2.83. The van der Waals surface area contributed by atoms with Gasteiger partial charge in [0.2, 0.25) is 5.69 Å². The Labute approximate surface area is 323 Å². The van der Waals surface area contributed by atoms with Crippen molar-refractivity contribution in [3.8, 4) is 17.3 Å². The SMILES string of the molecule is [2H]c1c([2H])c(C([2H])([2H])[2H])c([2H])c([2H])c1[N+]1=C=[N+](c2[c-]c(Oc3[c-]c4c(cc3)c3ncccc3n4-c3cc(C(C)(C)C)ccn3)cc(C(C)(C)C)c2)c2ccccc21.[Pt+2]. The number of ether oxygens (including phenoxy) is 1. The van der Waals surface area contributed by atoms with Gasteiger partial charge in [0.1, 0.15) is 11.5 Å². The van der Waals surface area contributed by atoms with Crippen LogP contribution in [-0.2, 0) is 31.9 Å². The first-order chi connectivity index (χ1) is 26.8. The van der Waals surface area contributed by atoms with Gasteiger partial charge in [-0.3, -0.25) is 4.98 Å². The molecule has 0 unspecified atom stereocenters. The van der Waals surface area contributed by atoms with Crippen molar-refractivity contribution in [2.24, 2.45) is 0 Å². The zero-order valence-electron chi connectivity index (χ0n) is 36.0. The van der Waals surface area contributed by atoms with Crippen LogP contribution in [0.15, 0.2) is 109 Å². The van der Waals surface area contributed by atoms with Crippen LogP contribution in [0.2, 0.25) is 0 Å². The van der Waals surface area contributed by atoms with E-state index in [-0.39, 0.29) is 37.6 Å². The molecular formula is C44H39N5OPt+2. The quantitative estimate of drug-likeness (QED) is 0.128.